The lowest BCUT2D eigenvalue weighted by Gasteiger charge is -2.16. The number of ether oxygens (including phenoxy) is 1. The van der Waals surface area contributed by atoms with E-state index in [0.717, 1.165) is 13.0 Å². The Hall–Kier alpha value is -0.900. The van der Waals surface area contributed by atoms with Crippen molar-refractivity contribution in [3.63, 3.8) is 0 Å². The van der Waals surface area contributed by atoms with Gasteiger partial charge < -0.3 is 15.2 Å². The minimum absolute atomic E-state index is 0.189. The van der Waals surface area contributed by atoms with Crippen molar-refractivity contribution in [1.82, 2.24) is 5.32 Å². The van der Waals surface area contributed by atoms with Crippen LogP contribution in [0.1, 0.15) is 17.5 Å². The largest absolute Gasteiger partial charge is 0.396 e. The van der Waals surface area contributed by atoms with Crippen LogP contribution in [0.15, 0.2) is 24.3 Å². The zero-order valence-electron chi connectivity index (χ0n) is 10.1. The van der Waals surface area contributed by atoms with Gasteiger partial charge in [0.25, 0.3) is 0 Å². The molecule has 0 spiro atoms. The lowest BCUT2D eigenvalue weighted by atomic mass is 10.1. The standard InChI is InChI=1S/C13H21NO2/c1-11-4-3-5-12(8-11)9-14-13(6-7-15)10-16-2/h3-5,8,13-15H,6-7,9-10H2,1-2H3. The lowest BCUT2D eigenvalue weighted by Crippen LogP contribution is -2.33. The molecule has 0 aliphatic rings. The second-order valence-corrected chi connectivity index (χ2v) is 4.03. The van der Waals surface area contributed by atoms with Crippen LogP contribution < -0.4 is 5.32 Å². The van der Waals surface area contributed by atoms with Gasteiger partial charge in [0.05, 0.1) is 6.61 Å². The van der Waals surface area contributed by atoms with Crippen molar-refractivity contribution < 1.29 is 9.84 Å². The summed E-state index contributed by atoms with van der Waals surface area (Å²) in [4.78, 5) is 0. The van der Waals surface area contributed by atoms with Crippen LogP contribution in [0.25, 0.3) is 0 Å². The molecule has 0 aliphatic heterocycles. The molecule has 0 aromatic heterocycles. The van der Waals surface area contributed by atoms with E-state index in [1.807, 2.05) is 0 Å². The van der Waals surface area contributed by atoms with Gasteiger partial charge in [-0.1, -0.05) is 29.8 Å². The molecule has 0 fully saturated rings. The van der Waals surface area contributed by atoms with E-state index in [1.54, 1.807) is 7.11 Å². The molecule has 1 rings (SSSR count). The van der Waals surface area contributed by atoms with E-state index in [4.69, 9.17) is 9.84 Å². The van der Waals surface area contributed by atoms with Crippen LogP contribution in [-0.2, 0) is 11.3 Å². The zero-order chi connectivity index (χ0) is 11.8. The first-order chi connectivity index (χ1) is 7.76. The molecule has 1 aromatic carbocycles. The fourth-order valence-corrected chi connectivity index (χ4v) is 1.69. The van der Waals surface area contributed by atoms with Crippen molar-refractivity contribution in [1.29, 1.82) is 0 Å². The van der Waals surface area contributed by atoms with Gasteiger partial charge in [-0.05, 0) is 18.9 Å². The first-order valence-corrected chi connectivity index (χ1v) is 5.65. The highest BCUT2D eigenvalue weighted by atomic mass is 16.5. The highest BCUT2D eigenvalue weighted by Crippen LogP contribution is 2.04. The van der Waals surface area contributed by atoms with E-state index >= 15 is 0 Å². The van der Waals surface area contributed by atoms with Crippen LogP contribution in [0.2, 0.25) is 0 Å². The van der Waals surface area contributed by atoms with Crippen LogP contribution in [0, 0.1) is 6.92 Å². The summed E-state index contributed by atoms with van der Waals surface area (Å²) >= 11 is 0. The molecule has 0 heterocycles. The quantitative estimate of drug-likeness (QED) is 0.735. The Labute approximate surface area is 97.4 Å². The van der Waals surface area contributed by atoms with Crippen LogP contribution >= 0.6 is 0 Å². The molecule has 16 heavy (non-hydrogen) atoms. The smallest absolute Gasteiger partial charge is 0.0616 e. The predicted molar refractivity (Wildman–Crippen MR) is 65.4 cm³/mol. The van der Waals surface area contributed by atoms with E-state index in [-0.39, 0.29) is 12.6 Å². The average Bonchev–Trinajstić information content (AvgIpc) is 2.27. The van der Waals surface area contributed by atoms with E-state index in [2.05, 4.69) is 36.5 Å². The number of nitrogens with one attached hydrogen (secondary N) is 1. The van der Waals surface area contributed by atoms with Crippen molar-refractivity contribution >= 4 is 0 Å². The van der Waals surface area contributed by atoms with Crippen molar-refractivity contribution in [3.05, 3.63) is 35.4 Å². The summed E-state index contributed by atoms with van der Waals surface area (Å²) in [6.07, 6.45) is 0.722. The fourth-order valence-electron chi connectivity index (χ4n) is 1.69. The van der Waals surface area contributed by atoms with Gasteiger partial charge in [0, 0.05) is 26.3 Å². The van der Waals surface area contributed by atoms with Crippen molar-refractivity contribution in [2.24, 2.45) is 0 Å². The van der Waals surface area contributed by atoms with E-state index in [1.165, 1.54) is 11.1 Å². The normalized spacial score (nSPS) is 12.7. The second kappa shape index (κ2) is 7.39. The summed E-state index contributed by atoms with van der Waals surface area (Å²) < 4.78 is 5.10. The first-order valence-electron chi connectivity index (χ1n) is 5.65. The summed E-state index contributed by atoms with van der Waals surface area (Å²) in [6, 6.07) is 8.63. The van der Waals surface area contributed by atoms with Gasteiger partial charge >= 0.3 is 0 Å². The molecule has 1 atom stereocenters. The lowest BCUT2D eigenvalue weighted by molar-refractivity contribution is 0.148. The molecule has 1 aromatic rings. The Morgan fingerprint density at radius 2 is 2.25 bits per heavy atom. The van der Waals surface area contributed by atoms with Gasteiger partial charge in [0.15, 0.2) is 0 Å². The molecule has 2 N–H and O–H groups in total. The molecule has 90 valence electrons. The summed E-state index contributed by atoms with van der Waals surface area (Å²) in [7, 11) is 1.68. The Morgan fingerprint density at radius 1 is 1.44 bits per heavy atom. The Kier molecular flexibility index (Phi) is 6.08. The molecule has 0 amide bonds. The molecule has 3 nitrogen and oxygen atoms in total. The SMILES string of the molecule is COCC(CCO)NCc1cccc(C)c1. The second-order valence-electron chi connectivity index (χ2n) is 4.03. The number of benzene rings is 1. The van der Waals surface area contributed by atoms with Gasteiger partial charge in [0.1, 0.15) is 0 Å². The number of rotatable bonds is 7. The number of hydrogen-bond donors (Lipinski definition) is 2. The van der Waals surface area contributed by atoms with Crippen molar-refractivity contribution in [2.75, 3.05) is 20.3 Å². The fraction of sp³-hybridized carbons (Fsp3) is 0.538. The number of methoxy groups -OCH3 is 1. The van der Waals surface area contributed by atoms with Gasteiger partial charge in [0.2, 0.25) is 0 Å². The third kappa shape index (κ3) is 4.75. The molecule has 1 unspecified atom stereocenters. The zero-order valence-corrected chi connectivity index (χ0v) is 10.1. The molecule has 0 radical (unpaired) electrons. The van der Waals surface area contributed by atoms with Gasteiger partial charge in [-0.2, -0.15) is 0 Å². The van der Waals surface area contributed by atoms with Crippen molar-refractivity contribution in [2.45, 2.75) is 25.9 Å². The summed E-state index contributed by atoms with van der Waals surface area (Å²) in [5.41, 5.74) is 2.53. The Bertz CT molecular complexity index is 296. The maximum absolute atomic E-state index is 8.91. The van der Waals surface area contributed by atoms with E-state index in [0.29, 0.717) is 6.61 Å². The molecular weight excluding hydrogens is 202 g/mol. The number of aliphatic hydroxyl groups excluding tert-OH is 1. The molecule has 0 aliphatic carbocycles. The van der Waals surface area contributed by atoms with Gasteiger partial charge in [-0.25, -0.2) is 0 Å². The van der Waals surface area contributed by atoms with Gasteiger partial charge in [-0.15, -0.1) is 0 Å². The molecule has 3 heteroatoms. The maximum atomic E-state index is 8.91. The van der Waals surface area contributed by atoms with Crippen molar-refractivity contribution in [3.8, 4) is 0 Å². The predicted octanol–water partition coefficient (Wildman–Crippen LogP) is 1.48. The monoisotopic (exact) mass is 223 g/mol. The minimum Gasteiger partial charge on any atom is -0.396 e. The number of aliphatic hydroxyl groups is 1. The maximum Gasteiger partial charge on any atom is 0.0616 e. The highest BCUT2D eigenvalue weighted by Gasteiger charge is 2.06. The topological polar surface area (TPSA) is 41.5 Å². The van der Waals surface area contributed by atoms with Crippen LogP contribution in [0.3, 0.4) is 0 Å². The number of hydrogen-bond acceptors (Lipinski definition) is 3. The van der Waals surface area contributed by atoms with Crippen LogP contribution in [-0.4, -0.2) is 31.5 Å². The van der Waals surface area contributed by atoms with E-state index in [9.17, 15) is 0 Å². The minimum atomic E-state index is 0.189. The van der Waals surface area contributed by atoms with E-state index < -0.39 is 0 Å². The summed E-state index contributed by atoms with van der Waals surface area (Å²) in [6.45, 7) is 3.72. The first kappa shape index (κ1) is 13.2. The summed E-state index contributed by atoms with van der Waals surface area (Å²) in [5.74, 6) is 0. The Morgan fingerprint density at radius 3 is 2.88 bits per heavy atom. The number of aryl methyl sites for hydroxylation is 1. The molecule has 0 saturated heterocycles. The third-order valence-corrected chi connectivity index (χ3v) is 2.52. The van der Waals surface area contributed by atoms with Gasteiger partial charge in [-0.3, -0.25) is 0 Å². The highest BCUT2D eigenvalue weighted by molar-refractivity contribution is 5.21. The Balaban J connectivity index is 2.41. The molecule has 0 saturated carbocycles. The summed E-state index contributed by atoms with van der Waals surface area (Å²) in [5, 5.41) is 12.3. The molecule has 0 bridgehead atoms. The van der Waals surface area contributed by atoms with Crippen LogP contribution in [0.4, 0.5) is 0 Å². The average molecular weight is 223 g/mol. The van der Waals surface area contributed by atoms with Crippen LogP contribution in [0.5, 0.6) is 0 Å². The molecular formula is C13H21NO2. The third-order valence-electron chi connectivity index (χ3n) is 2.52.